The van der Waals surface area contributed by atoms with E-state index in [0.717, 1.165) is 23.3 Å². The minimum Gasteiger partial charge on any atom is -0.367 e. The molecule has 0 amide bonds. The molecule has 0 bridgehead atoms. The van der Waals surface area contributed by atoms with Gasteiger partial charge in [-0.15, -0.1) is 11.6 Å². The third-order valence-corrected chi connectivity index (χ3v) is 1.59. The molecule has 0 rings (SSSR count). The summed E-state index contributed by atoms with van der Waals surface area (Å²) in [6, 6.07) is 0. The molecule has 0 aliphatic rings. The van der Waals surface area contributed by atoms with E-state index in [4.69, 9.17) is 21.4 Å². The molecule has 0 aromatic rings. The van der Waals surface area contributed by atoms with Crippen molar-refractivity contribution in [1.29, 1.82) is 0 Å². The summed E-state index contributed by atoms with van der Waals surface area (Å²) in [5, 5.41) is 8.87. The molecule has 0 heterocycles. The van der Waals surface area contributed by atoms with Gasteiger partial charge in [0.25, 0.3) is 0 Å². The smallest absolute Gasteiger partial charge is 0.172 e. The summed E-state index contributed by atoms with van der Waals surface area (Å²) in [4.78, 5) is 0. The number of aliphatic hydroxyl groups excluding tert-OH is 1. The highest BCUT2D eigenvalue weighted by Gasteiger charge is 2.07. The van der Waals surface area contributed by atoms with Crippen LogP contribution in [0.1, 0.15) is 6.42 Å². The highest BCUT2D eigenvalue weighted by Crippen LogP contribution is 1.99. The number of nitrogens with zero attached hydrogens (tertiary/aromatic N) is 1. The Labute approximate surface area is 79.5 Å². The average Bonchev–Trinajstić information content (AvgIpc) is 1.96. The van der Waals surface area contributed by atoms with Crippen LogP contribution in [-0.2, 0) is 4.74 Å². The minimum absolute atomic E-state index is 0.542. The van der Waals surface area contributed by atoms with Gasteiger partial charge in [-0.05, 0) is 0 Å². The summed E-state index contributed by atoms with van der Waals surface area (Å²) < 4.78 is 5.85. The van der Waals surface area contributed by atoms with Gasteiger partial charge in [0.1, 0.15) is 5.88 Å². The number of rotatable bonds is 6. The SMILES string of the molecule is C[N+](C)(C)CCCOC(O)[CH]Cl. The van der Waals surface area contributed by atoms with Gasteiger partial charge < -0.3 is 14.3 Å². The fourth-order valence-corrected chi connectivity index (χ4v) is 0.852. The third-order valence-electron chi connectivity index (χ3n) is 1.37. The summed E-state index contributed by atoms with van der Waals surface area (Å²) in [5.41, 5.74) is 0. The Morgan fingerprint density at radius 2 is 2.08 bits per heavy atom. The number of halogens is 1. The maximum absolute atomic E-state index is 8.87. The first kappa shape index (κ1) is 12.2. The van der Waals surface area contributed by atoms with Gasteiger partial charge >= 0.3 is 0 Å². The second-order valence-corrected chi connectivity index (χ2v) is 4.01. The normalized spacial score (nSPS) is 14.8. The monoisotopic (exact) mass is 195 g/mol. The van der Waals surface area contributed by atoms with E-state index >= 15 is 0 Å². The van der Waals surface area contributed by atoms with E-state index in [2.05, 4.69) is 21.1 Å². The molecule has 0 spiro atoms. The summed E-state index contributed by atoms with van der Waals surface area (Å²) in [6.07, 6.45) is -0.00944. The molecule has 0 aromatic heterocycles. The van der Waals surface area contributed by atoms with Crippen LogP contribution in [0.15, 0.2) is 0 Å². The number of ether oxygens (including phenoxy) is 1. The molecule has 0 saturated carbocycles. The van der Waals surface area contributed by atoms with E-state index in [1.54, 1.807) is 0 Å². The number of hydrogen-bond donors (Lipinski definition) is 1. The second-order valence-electron chi connectivity index (χ2n) is 3.75. The highest BCUT2D eigenvalue weighted by atomic mass is 35.5. The number of quaternary nitrogens is 1. The molecule has 0 aromatic carbocycles. The van der Waals surface area contributed by atoms with E-state index in [9.17, 15) is 0 Å². The molecule has 1 unspecified atom stereocenters. The van der Waals surface area contributed by atoms with Gasteiger partial charge in [0, 0.05) is 6.42 Å². The van der Waals surface area contributed by atoms with E-state index in [-0.39, 0.29) is 0 Å². The van der Waals surface area contributed by atoms with Crippen LogP contribution < -0.4 is 0 Å². The molecule has 73 valence electrons. The molecule has 1 N–H and O–H groups in total. The van der Waals surface area contributed by atoms with Gasteiger partial charge in [-0.3, -0.25) is 0 Å². The molecule has 1 atom stereocenters. The van der Waals surface area contributed by atoms with E-state index in [1.807, 2.05) is 0 Å². The average molecular weight is 196 g/mol. The molecule has 3 nitrogen and oxygen atoms in total. The molecule has 0 saturated heterocycles. The Kier molecular flexibility index (Phi) is 5.84. The van der Waals surface area contributed by atoms with Crippen LogP contribution in [0.2, 0.25) is 0 Å². The van der Waals surface area contributed by atoms with Crippen LogP contribution in [0.4, 0.5) is 0 Å². The zero-order valence-electron chi connectivity index (χ0n) is 7.96. The van der Waals surface area contributed by atoms with Gasteiger partial charge in [-0.25, -0.2) is 0 Å². The van der Waals surface area contributed by atoms with Crippen molar-refractivity contribution in [2.45, 2.75) is 12.7 Å². The molecule has 0 aliphatic heterocycles. The summed E-state index contributed by atoms with van der Waals surface area (Å²) in [5.74, 6) is 1.10. The van der Waals surface area contributed by atoms with Crippen LogP contribution in [0, 0.1) is 5.88 Å². The van der Waals surface area contributed by atoms with Crippen molar-refractivity contribution in [2.75, 3.05) is 34.3 Å². The van der Waals surface area contributed by atoms with Crippen LogP contribution in [-0.4, -0.2) is 50.2 Å². The van der Waals surface area contributed by atoms with Gasteiger partial charge in [0.05, 0.1) is 34.3 Å². The summed E-state index contributed by atoms with van der Waals surface area (Å²) in [7, 11) is 6.35. The maximum atomic E-state index is 8.87. The lowest BCUT2D eigenvalue weighted by atomic mass is 10.4. The minimum atomic E-state index is -0.931. The Morgan fingerprint density at radius 3 is 2.50 bits per heavy atom. The predicted octanol–water partition coefficient (Wildman–Crippen LogP) is 0.818. The molecular formula is C8H18ClNO2+. The summed E-state index contributed by atoms with van der Waals surface area (Å²) in [6.45, 7) is 1.56. The van der Waals surface area contributed by atoms with Crippen molar-refractivity contribution in [3.63, 3.8) is 0 Å². The van der Waals surface area contributed by atoms with Gasteiger partial charge in [0.15, 0.2) is 6.29 Å². The lowest BCUT2D eigenvalue weighted by molar-refractivity contribution is -0.870. The first-order chi connectivity index (χ1) is 5.45. The fourth-order valence-electron chi connectivity index (χ4n) is 0.779. The predicted molar refractivity (Wildman–Crippen MR) is 49.6 cm³/mol. The topological polar surface area (TPSA) is 29.5 Å². The van der Waals surface area contributed by atoms with Crippen LogP contribution in [0.5, 0.6) is 0 Å². The molecule has 12 heavy (non-hydrogen) atoms. The first-order valence-corrected chi connectivity index (χ1v) is 4.43. The van der Waals surface area contributed by atoms with Crippen molar-refractivity contribution < 1.29 is 14.3 Å². The number of aliphatic hydroxyl groups is 1. The second kappa shape index (κ2) is 5.75. The maximum Gasteiger partial charge on any atom is 0.172 e. The fraction of sp³-hybridized carbons (Fsp3) is 0.875. The van der Waals surface area contributed by atoms with E-state index < -0.39 is 6.29 Å². The van der Waals surface area contributed by atoms with Crippen LogP contribution >= 0.6 is 11.6 Å². The van der Waals surface area contributed by atoms with Gasteiger partial charge in [0.2, 0.25) is 0 Å². The Balaban J connectivity index is 3.22. The molecular weight excluding hydrogens is 178 g/mol. The Hall–Kier alpha value is 0.170. The van der Waals surface area contributed by atoms with E-state index in [0.29, 0.717) is 6.61 Å². The van der Waals surface area contributed by atoms with Crippen LogP contribution in [0.3, 0.4) is 0 Å². The van der Waals surface area contributed by atoms with Crippen molar-refractivity contribution in [3.05, 3.63) is 5.88 Å². The van der Waals surface area contributed by atoms with Gasteiger partial charge in [-0.1, -0.05) is 0 Å². The largest absolute Gasteiger partial charge is 0.367 e. The Morgan fingerprint density at radius 1 is 1.50 bits per heavy atom. The molecule has 1 radical (unpaired) electrons. The summed E-state index contributed by atoms with van der Waals surface area (Å²) >= 11 is 5.22. The Bertz CT molecular complexity index is 114. The molecule has 0 fully saturated rings. The zero-order valence-corrected chi connectivity index (χ0v) is 8.71. The van der Waals surface area contributed by atoms with Crippen molar-refractivity contribution in [2.24, 2.45) is 0 Å². The molecule has 4 heteroatoms. The third kappa shape index (κ3) is 8.27. The van der Waals surface area contributed by atoms with Gasteiger partial charge in [-0.2, -0.15) is 0 Å². The highest BCUT2D eigenvalue weighted by molar-refractivity contribution is 6.23. The lowest BCUT2D eigenvalue weighted by Gasteiger charge is -2.23. The van der Waals surface area contributed by atoms with Crippen molar-refractivity contribution >= 4 is 11.6 Å². The first-order valence-electron chi connectivity index (χ1n) is 3.99. The standard InChI is InChI=1S/C8H18ClNO2/c1-10(2,3)5-4-6-12-8(11)7-9/h7-8,11H,4-6H2,1-3H3/q+1. The number of hydrogen-bond acceptors (Lipinski definition) is 2. The van der Waals surface area contributed by atoms with Crippen molar-refractivity contribution in [1.82, 2.24) is 0 Å². The zero-order chi connectivity index (χ0) is 9.61. The van der Waals surface area contributed by atoms with Crippen LogP contribution in [0.25, 0.3) is 0 Å². The lowest BCUT2D eigenvalue weighted by Crippen LogP contribution is -2.36. The van der Waals surface area contributed by atoms with Crippen molar-refractivity contribution in [3.8, 4) is 0 Å². The molecule has 0 aliphatic carbocycles. The quantitative estimate of drug-likeness (QED) is 0.386. The van der Waals surface area contributed by atoms with E-state index in [1.165, 1.54) is 0 Å².